The molecule has 1 amide bonds. The molecule has 4 nitrogen and oxygen atoms in total. The Bertz CT molecular complexity index is 869. The molecule has 0 bridgehead atoms. The largest absolute Gasteiger partial charge is 0.435 e. The van der Waals surface area contributed by atoms with Crippen LogP contribution in [0.2, 0.25) is 0 Å². The van der Waals surface area contributed by atoms with Crippen LogP contribution >= 0.6 is 0 Å². The van der Waals surface area contributed by atoms with Crippen molar-refractivity contribution < 1.29 is 18.0 Å². The number of hydrogen-bond donors (Lipinski definition) is 1. The van der Waals surface area contributed by atoms with E-state index >= 15 is 0 Å². The van der Waals surface area contributed by atoms with E-state index in [2.05, 4.69) is 36.4 Å². The number of carbonyl (C=O) groups excluding carboxylic acids is 1. The molecule has 1 heterocycles. The minimum Gasteiger partial charge on any atom is -0.347 e. The van der Waals surface area contributed by atoms with Gasteiger partial charge in [-0.3, -0.25) is 9.48 Å². The smallest absolute Gasteiger partial charge is 0.347 e. The van der Waals surface area contributed by atoms with Gasteiger partial charge >= 0.3 is 6.18 Å². The summed E-state index contributed by atoms with van der Waals surface area (Å²) < 4.78 is 40.7. The molecule has 0 aliphatic heterocycles. The van der Waals surface area contributed by atoms with Gasteiger partial charge in [0.15, 0.2) is 5.69 Å². The van der Waals surface area contributed by atoms with Crippen LogP contribution in [-0.4, -0.2) is 15.7 Å². The summed E-state index contributed by atoms with van der Waals surface area (Å²) in [7, 11) is 0. The predicted octanol–water partition coefficient (Wildman–Crippen LogP) is 6.12. The number of nitrogens with one attached hydrogen (secondary N) is 1. The molecule has 1 N–H and O–H groups in total. The summed E-state index contributed by atoms with van der Waals surface area (Å²) in [6.07, 6.45) is -1.12. The van der Waals surface area contributed by atoms with Crippen LogP contribution in [0.5, 0.6) is 0 Å². The van der Waals surface area contributed by atoms with E-state index in [0.717, 1.165) is 30.9 Å². The van der Waals surface area contributed by atoms with Crippen molar-refractivity contribution >= 4 is 5.91 Å². The fourth-order valence-corrected chi connectivity index (χ4v) is 3.66. The Morgan fingerprint density at radius 3 is 2.23 bits per heavy atom. The summed E-state index contributed by atoms with van der Waals surface area (Å²) in [6, 6.07) is 8.27. The number of alkyl halides is 3. The van der Waals surface area contributed by atoms with Gasteiger partial charge in [-0.2, -0.15) is 18.3 Å². The van der Waals surface area contributed by atoms with Gasteiger partial charge in [0.05, 0.1) is 6.04 Å². The highest BCUT2D eigenvalue weighted by Crippen LogP contribution is 2.43. The van der Waals surface area contributed by atoms with Crippen molar-refractivity contribution in [1.29, 1.82) is 0 Å². The minimum absolute atomic E-state index is 0.0546. The van der Waals surface area contributed by atoms with E-state index in [-0.39, 0.29) is 17.9 Å². The summed E-state index contributed by atoms with van der Waals surface area (Å²) in [6.45, 7) is 7.90. The number of aromatic nitrogens is 2. The van der Waals surface area contributed by atoms with E-state index in [4.69, 9.17) is 0 Å². The zero-order valence-corrected chi connectivity index (χ0v) is 18.0. The number of amides is 1. The fourth-order valence-electron chi connectivity index (χ4n) is 3.66. The van der Waals surface area contributed by atoms with Crippen molar-refractivity contribution in [3.63, 3.8) is 0 Å². The van der Waals surface area contributed by atoms with Crippen LogP contribution < -0.4 is 5.32 Å². The molecule has 30 heavy (non-hydrogen) atoms. The van der Waals surface area contributed by atoms with Gasteiger partial charge in [-0.15, -0.1) is 0 Å². The van der Waals surface area contributed by atoms with E-state index in [9.17, 15) is 18.0 Å². The van der Waals surface area contributed by atoms with Gasteiger partial charge in [-0.05, 0) is 55.7 Å². The summed E-state index contributed by atoms with van der Waals surface area (Å²) >= 11 is 0. The van der Waals surface area contributed by atoms with Crippen LogP contribution in [0.3, 0.4) is 0 Å². The molecule has 2 aromatic rings. The van der Waals surface area contributed by atoms with Gasteiger partial charge in [-0.25, -0.2) is 0 Å². The van der Waals surface area contributed by atoms with Gasteiger partial charge in [0.25, 0.3) is 0 Å². The maximum atomic E-state index is 13.2. The molecule has 1 aliphatic rings. The van der Waals surface area contributed by atoms with Crippen LogP contribution in [0.4, 0.5) is 13.2 Å². The first kappa shape index (κ1) is 22.4. The number of rotatable bonds is 8. The van der Waals surface area contributed by atoms with Crippen molar-refractivity contribution in [2.75, 3.05) is 0 Å². The first-order chi connectivity index (χ1) is 14.2. The van der Waals surface area contributed by atoms with Crippen molar-refractivity contribution in [1.82, 2.24) is 15.1 Å². The molecule has 3 unspecified atom stereocenters. The molecule has 0 spiro atoms. The Labute approximate surface area is 175 Å². The maximum Gasteiger partial charge on any atom is 0.435 e. The van der Waals surface area contributed by atoms with Gasteiger partial charge in [0, 0.05) is 11.6 Å². The Hall–Kier alpha value is -2.31. The third-order valence-electron chi connectivity index (χ3n) is 6.04. The second kappa shape index (κ2) is 8.82. The van der Waals surface area contributed by atoms with Crippen LogP contribution in [0.15, 0.2) is 30.3 Å². The van der Waals surface area contributed by atoms with E-state index < -0.39 is 17.9 Å². The molecule has 1 aliphatic carbocycles. The zero-order valence-electron chi connectivity index (χ0n) is 18.0. The maximum absolute atomic E-state index is 13.2. The molecular formula is C23H30F3N3O. The molecule has 3 atom stereocenters. The van der Waals surface area contributed by atoms with Crippen molar-refractivity contribution in [2.45, 2.75) is 83.5 Å². The lowest BCUT2D eigenvalue weighted by Crippen LogP contribution is -2.35. The highest BCUT2D eigenvalue weighted by Gasteiger charge is 2.39. The van der Waals surface area contributed by atoms with E-state index in [1.54, 1.807) is 6.92 Å². The Morgan fingerprint density at radius 2 is 1.73 bits per heavy atom. The highest BCUT2D eigenvalue weighted by atomic mass is 19.4. The van der Waals surface area contributed by atoms with Gasteiger partial charge in [0.1, 0.15) is 6.04 Å². The monoisotopic (exact) mass is 421 g/mol. The van der Waals surface area contributed by atoms with Crippen LogP contribution in [-0.2, 0) is 11.0 Å². The third-order valence-corrected chi connectivity index (χ3v) is 6.04. The number of nitrogens with zero attached hydrogens (tertiary/aromatic N) is 2. The molecule has 1 saturated carbocycles. The Balaban J connectivity index is 1.76. The highest BCUT2D eigenvalue weighted by molar-refractivity contribution is 5.80. The number of carbonyl (C=O) groups is 1. The summed E-state index contributed by atoms with van der Waals surface area (Å²) in [5, 5.41) is 6.74. The van der Waals surface area contributed by atoms with E-state index in [1.807, 2.05) is 19.1 Å². The summed E-state index contributed by atoms with van der Waals surface area (Å²) in [5.74, 6) is 0.197. The van der Waals surface area contributed by atoms with Crippen LogP contribution in [0, 0.1) is 0 Å². The molecule has 1 aromatic carbocycles. The average molecular weight is 422 g/mol. The molecule has 0 saturated heterocycles. The second-order valence-electron chi connectivity index (χ2n) is 8.29. The molecule has 164 valence electrons. The standard InChI is InChI=1S/C23H30F3N3O/c1-5-14(3)16-7-9-17(10-8-16)19(6-2)27-22(30)15(4)29-20(18-11-12-18)13-21(28-29)23(24,25)26/h7-10,13-15,18-19H,5-6,11-12H2,1-4H3,(H,27,30). The lowest BCUT2D eigenvalue weighted by Gasteiger charge is -2.22. The SMILES string of the molecule is CCC(C)c1ccc(C(CC)NC(=O)C(C)n2nc(C(F)(F)F)cc2C2CC2)cc1. The summed E-state index contributed by atoms with van der Waals surface area (Å²) in [5.41, 5.74) is 1.80. The topological polar surface area (TPSA) is 46.9 Å². The molecule has 1 aromatic heterocycles. The van der Waals surface area contributed by atoms with E-state index in [1.165, 1.54) is 10.2 Å². The lowest BCUT2D eigenvalue weighted by atomic mass is 9.95. The van der Waals surface area contributed by atoms with Crippen molar-refractivity contribution in [2.24, 2.45) is 0 Å². The van der Waals surface area contributed by atoms with E-state index in [0.29, 0.717) is 18.0 Å². The molecular weight excluding hydrogens is 391 g/mol. The molecule has 0 radical (unpaired) electrons. The normalized spacial score (nSPS) is 17.4. The second-order valence-corrected chi connectivity index (χ2v) is 8.29. The lowest BCUT2D eigenvalue weighted by molar-refractivity contribution is -0.142. The average Bonchev–Trinajstić information content (AvgIpc) is 3.47. The number of halogens is 3. The Morgan fingerprint density at radius 1 is 1.13 bits per heavy atom. The quantitative estimate of drug-likeness (QED) is 0.558. The van der Waals surface area contributed by atoms with Crippen LogP contribution in [0.25, 0.3) is 0 Å². The molecule has 1 fully saturated rings. The number of hydrogen-bond acceptors (Lipinski definition) is 2. The van der Waals surface area contributed by atoms with Crippen molar-refractivity contribution in [3.8, 4) is 0 Å². The van der Waals surface area contributed by atoms with Gasteiger partial charge in [0.2, 0.25) is 5.91 Å². The van der Waals surface area contributed by atoms with Gasteiger partial charge < -0.3 is 5.32 Å². The van der Waals surface area contributed by atoms with Crippen molar-refractivity contribution in [3.05, 3.63) is 52.8 Å². The zero-order chi connectivity index (χ0) is 22.1. The fraction of sp³-hybridized carbons (Fsp3) is 0.565. The van der Waals surface area contributed by atoms with Crippen LogP contribution in [0.1, 0.15) is 99.8 Å². The van der Waals surface area contributed by atoms with Gasteiger partial charge in [-0.1, -0.05) is 45.0 Å². The predicted molar refractivity (Wildman–Crippen MR) is 110 cm³/mol. The number of benzene rings is 1. The Kier molecular flexibility index (Phi) is 6.58. The molecule has 3 rings (SSSR count). The summed E-state index contributed by atoms with van der Waals surface area (Å²) in [4.78, 5) is 12.9. The third kappa shape index (κ3) is 4.87. The first-order valence-corrected chi connectivity index (χ1v) is 10.7. The first-order valence-electron chi connectivity index (χ1n) is 10.7. The molecule has 7 heteroatoms. The minimum atomic E-state index is -4.52.